The van der Waals surface area contributed by atoms with E-state index in [2.05, 4.69) is 8.92 Å². The Bertz CT molecular complexity index is 384. The minimum absolute atomic E-state index is 0.330. The van der Waals surface area contributed by atoms with E-state index in [9.17, 15) is 13.2 Å². The molecule has 0 aliphatic carbocycles. The number of esters is 1. The SMILES string of the molecule is COC(=O)C1=CSC(OS(=O)(=O)O)C1C. The highest BCUT2D eigenvalue weighted by atomic mass is 32.3. The molecular weight excluding hydrogens is 244 g/mol. The quantitative estimate of drug-likeness (QED) is 0.581. The zero-order valence-corrected chi connectivity index (χ0v) is 9.67. The maximum Gasteiger partial charge on any atom is 0.398 e. The molecule has 0 amide bonds. The fourth-order valence-corrected chi connectivity index (χ4v) is 2.95. The van der Waals surface area contributed by atoms with Crippen LogP contribution in [0.5, 0.6) is 0 Å². The molecule has 15 heavy (non-hydrogen) atoms. The smallest absolute Gasteiger partial charge is 0.398 e. The summed E-state index contributed by atoms with van der Waals surface area (Å²) in [6.45, 7) is 1.61. The highest BCUT2D eigenvalue weighted by Gasteiger charge is 2.34. The second-order valence-corrected chi connectivity index (χ2v) is 4.90. The minimum atomic E-state index is -4.50. The summed E-state index contributed by atoms with van der Waals surface area (Å²) in [4.78, 5) is 11.2. The Balaban J connectivity index is 2.69. The van der Waals surface area contributed by atoms with Crippen LogP contribution in [0.3, 0.4) is 0 Å². The lowest BCUT2D eigenvalue weighted by Crippen LogP contribution is -2.22. The van der Waals surface area contributed by atoms with E-state index in [0.717, 1.165) is 11.8 Å². The lowest BCUT2D eigenvalue weighted by molar-refractivity contribution is -0.136. The first kappa shape index (κ1) is 12.5. The zero-order valence-electron chi connectivity index (χ0n) is 8.04. The van der Waals surface area contributed by atoms with Crippen LogP contribution >= 0.6 is 11.8 Å². The lowest BCUT2D eigenvalue weighted by Gasteiger charge is -2.14. The van der Waals surface area contributed by atoms with Crippen molar-refractivity contribution in [2.45, 2.75) is 12.4 Å². The largest absolute Gasteiger partial charge is 0.466 e. The van der Waals surface area contributed by atoms with Gasteiger partial charge in [0, 0.05) is 11.5 Å². The van der Waals surface area contributed by atoms with E-state index in [4.69, 9.17) is 4.55 Å². The maximum absolute atomic E-state index is 11.2. The van der Waals surface area contributed by atoms with Gasteiger partial charge < -0.3 is 4.74 Å². The second kappa shape index (κ2) is 4.52. The number of carbonyl (C=O) groups is 1. The third-order valence-corrected chi connectivity index (χ3v) is 3.60. The molecule has 0 fully saturated rings. The van der Waals surface area contributed by atoms with Crippen molar-refractivity contribution in [1.29, 1.82) is 0 Å². The van der Waals surface area contributed by atoms with Crippen LogP contribution in [0.25, 0.3) is 0 Å². The van der Waals surface area contributed by atoms with E-state index in [1.54, 1.807) is 6.92 Å². The Labute approximate surface area is 91.6 Å². The number of hydrogen-bond donors (Lipinski definition) is 1. The van der Waals surface area contributed by atoms with Gasteiger partial charge in [-0.15, -0.1) is 0 Å². The summed E-state index contributed by atoms with van der Waals surface area (Å²) in [7, 11) is -3.27. The molecule has 2 atom stereocenters. The molecule has 0 aromatic rings. The van der Waals surface area contributed by atoms with Crippen LogP contribution in [-0.2, 0) is 24.1 Å². The Hall–Kier alpha value is -0.570. The van der Waals surface area contributed by atoms with Crippen LogP contribution in [0.1, 0.15) is 6.92 Å². The molecule has 1 heterocycles. The summed E-state index contributed by atoms with van der Waals surface area (Å²) < 4.78 is 38.3. The second-order valence-electron chi connectivity index (χ2n) is 2.88. The molecule has 0 radical (unpaired) electrons. The molecule has 0 spiro atoms. The van der Waals surface area contributed by atoms with Gasteiger partial charge in [-0.1, -0.05) is 18.7 Å². The zero-order chi connectivity index (χ0) is 11.6. The molecule has 1 aliphatic heterocycles. The van der Waals surface area contributed by atoms with Crippen LogP contribution in [0.15, 0.2) is 11.0 Å². The van der Waals surface area contributed by atoms with Crippen molar-refractivity contribution in [2.75, 3.05) is 7.11 Å². The first-order valence-corrected chi connectivity index (χ1v) is 6.25. The van der Waals surface area contributed by atoms with Crippen LogP contribution in [0.4, 0.5) is 0 Å². The van der Waals surface area contributed by atoms with E-state index in [-0.39, 0.29) is 0 Å². The first-order valence-electron chi connectivity index (χ1n) is 3.94. The average molecular weight is 254 g/mol. The first-order chi connectivity index (χ1) is 6.85. The maximum atomic E-state index is 11.2. The van der Waals surface area contributed by atoms with Crippen molar-refractivity contribution in [3.63, 3.8) is 0 Å². The highest BCUT2D eigenvalue weighted by Crippen LogP contribution is 2.37. The molecule has 1 rings (SSSR count). The van der Waals surface area contributed by atoms with Crippen LogP contribution in [0.2, 0.25) is 0 Å². The summed E-state index contributed by atoms with van der Waals surface area (Å²) >= 11 is 1.00. The van der Waals surface area contributed by atoms with Crippen molar-refractivity contribution < 1.29 is 26.7 Å². The molecular formula is C7H10O6S2. The van der Waals surface area contributed by atoms with Gasteiger partial charge in [-0.25, -0.2) is 8.98 Å². The summed E-state index contributed by atoms with van der Waals surface area (Å²) in [6, 6.07) is 0. The Morgan fingerprint density at radius 3 is 2.67 bits per heavy atom. The summed E-state index contributed by atoms with van der Waals surface area (Å²) in [5.74, 6) is -0.985. The molecule has 0 saturated carbocycles. The number of rotatable bonds is 3. The molecule has 1 N–H and O–H groups in total. The number of ether oxygens (including phenoxy) is 1. The fraction of sp³-hybridized carbons (Fsp3) is 0.571. The average Bonchev–Trinajstić information content (AvgIpc) is 2.45. The highest BCUT2D eigenvalue weighted by molar-refractivity contribution is 8.03. The van der Waals surface area contributed by atoms with Gasteiger partial charge in [0.15, 0.2) is 0 Å². The van der Waals surface area contributed by atoms with Crippen LogP contribution < -0.4 is 0 Å². The minimum Gasteiger partial charge on any atom is -0.466 e. The van der Waals surface area contributed by atoms with Gasteiger partial charge in [0.25, 0.3) is 0 Å². The predicted octanol–water partition coefficient (Wildman–Crippen LogP) is 0.572. The van der Waals surface area contributed by atoms with Gasteiger partial charge >= 0.3 is 16.4 Å². The lowest BCUT2D eigenvalue weighted by atomic mass is 10.0. The van der Waals surface area contributed by atoms with Crippen LogP contribution in [0, 0.1) is 5.92 Å². The molecule has 0 aromatic heterocycles. The fourth-order valence-electron chi connectivity index (χ4n) is 1.09. The van der Waals surface area contributed by atoms with E-state index >= 15 is 0 Å². The number of hydrogen-bond acceptors (Lipinski definition) is 6. The monoisotopic (exact) mass is 254 g/mol. The van der Waals surface area contributed by atoms with Crippen molar-refractivity contribution in [2.24, 2.45) is 5.92 Å². The third-order valence-electron chi connectivity index (χ3n) is 1.87. The van der Waals surface area contributed by atoms with Crippen molar-refractivity contribution in [3.05, 3.63) is 11.0 Å². The van der Waals surface area contributed by atoms with Gasteiger partial charge in [0.05, 0.1) is 7.11 Å². The van der Waals surface area contributed by atoms with Crippen molar-refractivity contribution >= 4 is 28.1 Å². The third kappa shape index (κ3) is 3.20. The standard InChI is InChI=1S/C7H10O6S2/c1-4-5(6(8)12-2)3-14-7(4)13-15(9,10)11/h3-4,7H,1-2H3,(H,9,10,11). The van der Waals surface area contributed by atoms with E-state index < -0.39 is 27.7 Å². The Morgan fingerprint density at radius 1 is 1.60 bits per heavy atom. The summed E-state index contributed by atoms with van der Waals surface area (Å²) in [6.07, 6.45) is 0. The number of carbonyl (C=O) groups excluding carboxylic acids is 1. The van der Waals surface area contributed by atoms with Gasteiger partial charge in [-0.3, -0.25) is 4.55 Å². The van der Waals surface area contributed by atoms with Crippen molar-refractivity contribution in [3.8, 4) is 0 Å². The van der Waals surface area contributed by atoms with E-state index in [1.165, 1.54) is 12.5 Å². The molecule has 8 heteroatoms. The molecule has 6 nitrogen and oxygen atoms in total. The molecule has 86 valence electrons. The van der Waals surface area contributed by atoms with Crippen molar-refractivity contribution in [1.82, 2.24) is 0 Å². The molecule has 0 bridgehead atoms. The summed E-state index contributed by atoms with van der Waals surface area (Å²) in [5.41, 5.74) is -0.495. The van der Waals surface area contributed by atoms with E-state index in [0.29, 0.717) is 5.57 Å². The van der Waals surface area contributed by atoms with Gasteiger partial charge in [0.1, 0.15) is 5.44 Å². The van der Waals surface area contributed by atoms with Gasteiger partial charge in [-0.2, -0.15) is 8.42 Å². The molecule has 0 aromatic carbocycles. The van der Waals surface area contributed by atoms with Gasteiger partial charge in [-0.05, 0) is 5.41 Å². The summed E-state index contributed by atoms with van der Waals surface area (Å²) in [5, 5.41) is 1.46. The Morgan fingerprint density at radius 2 is 2.20 bits per heavy atom. The topological polar surface area (TPSA) is 89.9 Å². The molecule has 1 aliphatic rings. The molecule has 2 unspecified atom stereocenters. The normalized spacial score (nSPS) is 26.2. The predicted molar refractivity (Wildman–Crippen MR) is 53.3 cm³/mol. The molecule has 0 saturated heterocycles. The van der Waals surface area contributed by atoms with Crippen LogP contribution in [-0.4, -0.2) is 31.5 Å². The van der Waals surface area contributed by atoms with E-state index in [1.807, 2.05) is 0 Å². The van der Waals surface area contributed by atoms with Gasteiger partial charge in [0.2, 0.25) is 0 Å². The Kier molecular flexibility index (Phi) is 3.77. The number of methoxy groups -OCH3 is 1. The number of thioether (sulfide) groups is 1.